The minimum Gasteiger partial charge on any atom is -0.494 e. The van der Waals surface area contributed by atoms with Crippen molar-refractivity contribution in [2.45, 2.75) is 51.7 Å². The molecule has 0 saturated heterocycles. The van der Waals surface area contributed by atoms with E-state index in [4.69, 9.17) is 4.74 Å². The average Bonchev–Trinajstić information content (AvgIpc) is 2.61. The Hall–Kier alpha value is -1.84. The van der Waals surface area contributed by atoms with Crippen LogP contribution in [0, 0.1) is 0 Å². The first-order valence-corrected chi connectivity index (χ1v) is 9.07. The maximum atomic E-state index is 10.3. The highest BCUT2D eigenvalue weighted by molar-refractivity contribution is 5.31. The molecule has 0 heterocycles. The molecule has 2 atom stereocenters. The summed E-state index contributed by atoms with van der Waals surface area (Å²) in [7, 11) is 0. The van der Waals surface area contributed by atoms with Gasteiger partial charge < -0.3 is 15.2 Å². The molecule has 2 N–H and O–H groups in total. The van der Waals surface area contributed by atoms with E-state index < -0.39 is 6.10 Å². The molecule has 0 amide bonds. The predicted molar refractivity (Wildman–Crippen MR) is 104 cm³/mol. The van der Waals surface area contributed by atoms with E-state index in [0.717, 1.165) is 24.3 Å². The van der Waals surface area contributed by atoms with Gasteiger partial charge in [0.25, 0.3) is 0 Å². The number of hydrogen-bond donors (Lipinski definition) is 2. The van der Waals surface area contributed by atoms with Crippen LogP contribution in [0.5, 0.6) is 5.75 Å². The number of aliphatic hydroxyl groups excluding tert-OH is 1. The predicted octanol–water partition coefficient (Wildman–Crippen LogP) is 4.46. The van der Waals surface area contributed by atoms with E-state index in [1.165, 1.54) is 5.56 Å². The Balaban J connectivity index is 1.68. The minimum atomic E-state index is -0.493. The Kier molecular flexibility index (Phi) is 7.03. The van der Waals surface area contributed by atoms with Crippen molar-refractivity contribution in [3.05, 3.63) is 65.7 Å². The maximum absolute atomic E-state index is 10.3. The lowest BCUT2D eigenvalue weighted by Crippen LogP contribution is -2.33. The van der Waals surface area contributed by atoms with Crippen molar-refractivity contribution in [3.8, 4) is 5.75 Å². The molecule has 0 aromatic heterocycles. The van der Waals surface area contributed by atoms with Crippen LogP contribution < -0.4 is 10.1 Å². The highest BCUT2D eigenvalue weighted by Gasteiger charge is 2.15. The molecule has 0 aliphatic carbocycles. The maximum Gasteiger partial charge on any atom is 0.119 e. The Morgan fingerprint density at radius 3 is 2.24 bits per heavy atom. The van der Waals surface area contributed by atoms with Gasteiger partial charge in [0.2, 0.25) is 0 Å². The Morgan fingerprint density at radius 2 is 1.64 bits per heavy atom. The lowest BCUT2D eigenvalue weighted by atomic mass is 9.87. The van der Waals surface area contributed by atoms with Gasteiger partial charge in [-0.2, -0.15) is 0 Å². The van der Waals surface area contributed by atoms with E-state index in [0.29, 0.717) is 6.61 Å². The van der Waals surface area contributed by atoms with E-state index >= 15 is 0 Å². The quantitative estimate of drug-likeness (QED) is 0.696. The summed E-state index contributed by atoms with van der Waals surface area (Å²) in [5.41, 5.74) is 2.42. The van der Waals surface area contributed by atoms with Crippen molar-refractivity contribution >= 4 is 0 Å². The van der Waals surface area contributed by atoms with Crippen molar-refractivity contribution in [2.24, 2.45) is 0 Å². The zero-order valence-corrected chi connectivity index (χ0v) is 15.8. The fourth-order valence-electron chi connectivity index (χ4n) is 2.69. The summed E-state index contributed by atoms with van der Waals surface area (Å²) in [6.07, 6.45) is 0.402. The highest BCUT2D eigenvalue weighted by atomic mass is 16.5. The van der Waals surface area contributed by atoms with Gasteiger partial charge in [0.15, 0.2) is 0 Å². The molecule has 0 aliphatic heterocycles. The van der Waals surface area contributed by atoms with Gasteiger partial charge in [0.05, 0.1) is 12.7 Å². The van der Waals surface area contributed by atoms with Crippen LogP contribution in [0.2, 0.25) is 0 Å². The van der Waals surface area contributed by atoms with Crippen molar-refractivity contribution in [3.63, 3.8) is 0 Å². The van der Waals surface area contributed by atoms with Gasteiger partial charge >= 0.3 is 0 Å². The second-order valence-electron chi connectivity index (χ2n) is 7.57. The Bertz CT molecular complexity index is 617. The van der Waals surface area contributed by atoms with Crippen molar-refractivity contribution < 1.29 is 9.84 Å². The summed E-state index contributed by atoms with van der Waals surface area (Å²) in [5.74, 6) is 0.908. The third kappa shape index (κ3) is 6.18. The van der Waals surface area contributed by atoms with Crippen molar-refractivity contribution in [2.75, 3.05) is 13.2 Å². The molecule has 136 valence electrons. The van der Waals surface area contributed by atoms with E-state index in [-0.39, 0.29) is 11.5 Å². The topological polar surface area (TPSA) is 41.5 Å². The van der Waals surface area contributed by atoms with Crippen LogP contribution in [0.3, 0.4) is 0 Å². The monoisotopic (exact) mass is 341 g/mol. The number of ether oxygens (including phenoxy) is 1. The fraction of sp³-hybridized carbons (Fsp3) is 0.455. The molecule has 0 saturated carbocycles. The molecule has 25 heavy (non-hydrogen) atoms. The minimum absolute atomic E-state index is 0.00784. The molecule has 2 rings (SSSR count). The van der Waals surface area contributed by atoms with Gasteiger partial charge in [-0.1, -0.05) is 63.2 Å². The van der Waals surface area contributed by atoms with E-state index in [1.54, 1.807) is 0 Å². The van der Waals surface area contributed by atoms with Crippen LogP contribution in [0.1, 0.15) is 51.3 Å². The fourth-order valence-corrected chi connectivity index (χ4v) is 2.69. The van der Waals surface area contributed by atoms with Gasteiger partial charge in [0, 0.05) is 6.04 Å². The third-order valence-electron chi connectivity index (χ3n) is 4.39. The van der Waals surface area contributed by atoms with Crippen LogP contribution in [-0.4, -0.2) is 24.3 Å². The number of rotatable bonds is 8. The molecule has 2 aromatic carbocycles. The summed E-state index contributed by atoms with van der Waals surface area (Å²) in [6.45, 7) is 10.1. The number of hydrogen-bond acceptors (Lipinski definition) is 3. The Morgan fingerprint density at radius 1 is 1.00 bits per heavy atom. The highest BCUT2D eigenvalue weighted by Crippen LogP contribution is 2.24. The largest absolute Gasteiger partial charge is 0.494 e. The number of benzene rings is 2. The summed E-state index contributed by atoms with van der Waals surface area (Å²) < 4.78 is 5.80. The van der Waals surface area contributed by atoms with E-state index in [2.05, 4.69) is 38.2 Å². The molecule has 0 bridgehead atoms. The molecule has 3 nitrogen and oxygen atoms in total. The standard InChI is InChI=1S/C22H31NO2/c1-17(21(24)18-9-6-5-7-10-18)23-15-8-16-25-20-13-11-19(12-14-20)22(2,3)4/h5-7,9-14,17,21,23-24H,8,15-16H2,1-4H3. The Labute approximate surface area is 152 Å². The van der Waals surface area contributed by atoms with Crippen LogP contribution >= 0.6 is 0 Å². The number of aliphatic hydroxyl groups is 1. The lowest BCUT2D eigenvalue weighted by Gasteiger charge is -2.21. The van der Waals surface area contributed by atoms with Crippen LogP contribution in [0.25, 0.3) is 0 Å². The normalized spacial score (nSPS) is 14.1. The molecule has 0 fully saturated rings. The zero-order valence-electron chi connectivity index (χ0n) is 15.8. The second-order valence-corrected chi connectivity index (χ2v) is 7.57. The average molecular weight is 341 g/mol. The van der Waals surface area contributed by atoms with Gasteiger partial charge in [-0.05, 0) is 48.6 Å². The van der Waals surface area contributed by atoms with Crippen molar-refractivity contribution in [1.82, 2.24) is 5.32 Å². The molecule has 0 spiro atoms. The van der Waals surface area contributed by atoms with Crippen LogP contribution in [0.15, 0.2) is 54.6 Å². The first-order valence-electron chi connectivity index (χ1n) is 9.07. The second kappa shape index (κ2) is 9.02. The smallest absolute Gasteiger partial charge is 0.119 e. The van der Waals surface area contributed by atoms with E-state index in [9.17, 15) is 5.11 Å². The van der Waals surface area contributed by atoms with Crippen molar-refractivity contribution in [1.29, 1.82) is 0 Å². The molecular weight excluding hydrogens is 310 g/mol. The summed E-state index contributed by atoms with van der Waals surface area (Å²) in [6, 6.07) is 18.1. The molecule has 2 unspecified atom stereocenters. The SMILES string of the molecule is CC(NCCCOc1ccc(C(C)(C)C)cc1)C(O)c1ccccc1. The molecule has 0 radical (unpaired) electrons. The zero-order chi connectivity index (χ0) is 18.3. The van der Waals surface area contributed by atoms with Gasteiger partial charge in [-0.25, -0.2) is 0 Å². The summed E-state index contributed by atoms with van der Waals surface area (Å²) in [4.78, 5) is 0. The molecular formula is C22H31NO2. The van der Waals surface area contributed by atoms with Crippen LogP contribution in [-0.2, 0) is 5.41 Å². The van der Waals surface area contributed by atoms with E-state index in [1.807, 2.05) is 49.4 Å². The lowest BCUT2D eigenvalue weighted by molar-refractivity contribution is 0.135. The molecule has 2 aromatic rings. The first kappa shape index (κ1) is 19.5. The van der Waals surface area contributed by atoms with Gasteiger partial charge in [0.1, 0.15) is 5.75 Å². The molecule has 0 aliphatic rings. The van der Waals surface area contributed by atoms with Gasteiger partial charge in [-0.15, -0.1) is 0 Å². The number of nitrogens with one attached hydrogen (secondary N) is 1. The molecule has 3 heteroatoms. The summed E-state index contributed by atoms with van der Waals surface area (Å²) in [5, 5.41) is 13.7. The first-order chi connectivity index (χ1) is 11.9. The summed E-state index contributed by atoms with van der Waals surface area (Å²) >= 11 is 0. The van der Waals surface area contributed by atoms with Crippen LogP contribution in [0.4, 0.5) is 0 Å². The third-order valence-corrected chi connectivity index (χ3v) is 4.39. The van der Waals surface area contributed by atoms with Gasteiger partial charge in [-0.3, -0.25) is 0 Å².